The summed E-state index contributed by atoms with van der Waals surface area (Å²) >= 11 is 0. The van der Waals surface area contributed by atoms with E-state index in [-0.39, 0.29) is 29.6 Å². The molecule has 1 aromatic rings. The van der Waals surface area contributed by atoms with Crippen molar-refractivity contribution in [2.75, 3.05) is 13.1 Å². The number of carboxylic acid groups (broad SMARTS) is 1. The van der Waals surface area contributed by atoms with Crippen molar-refractivity contribution in [3.63, 3.8) is 0 Å². The summed E-state index contributed by atoms with van der Waals surface area (Å²) in [6.45, 7) is 9.76. The second-order valence-electron chi connectivity index (χ2n) is 8.33. The van der Waals surface area contributed by atoms with Gasteiger partial charge in [-0.2, -0.15) is 0 Å². The number of carboxylic acids is 1. The van der Waals surface area contributed by atoms with Gasteiger partial charge in [0.05, 0.1) is 10.3 Å². The lowest BCUT2D eigenvalue weighted by molar-refractivity contribution is -0.386. The highest BCUT2D eigenvalue weighted by Crippen LogP contribution is 2.39. The summed E-state index contributed by atoms with van der Waals surface area (Å²) in [6.07, 6.45) is 0.383. The Balaban J connectivity index is 2.35. The molecule has 1 atom stereocenters. The zero-order chi connectivity index (χ0) is 19.9. The van der Waals surface area contributed by atoms with E-state index in [1.165, 1.54) is 11.0 Å². The van der Waals surface area contributed by atoms with Crippen LogP contribution >= 0.6 is 0 Å². The van der Waals surface area contributed by atoms with E-state index in [0.29, 0.717) is 18.5 Å². The van der Waals surface area contributed by atoms with Gasteiger partial charge in [-0.1, -0.05) is 40.7 Å². The number of nitrogens with zero attached hydrogens (tertiary/aromatic N) is 2. The molecule has 1 saturated heterocycles. The zero-order valence-electron chi connectivity index (χ0n) is 15.9. The zero-order valence-corrected chi connectivity index (χ0v) is 15.9. The van der Waals surface area contributed by atoms with Crippen LogP contribution in [0.25, 0.3) is 0 Å². The first kappa shape index (κ1) is 19.9. The highest BCUT2D eigenvalue weighted by Gasteiger charge is 2.48. The van der Waals surface area contributed by atoms with E-state index >= 15 is 0 Å². The number of carbonyl (C=O) groups is 2. The van der Waals surface area contributed by atoms with Gasteiger partial charge < -0.3 is 10.0 Å². The highest BCUT2D eigenvalue weighted by atomic mass is 16.6. The van der Waals surface area contributed by atoms with E-state index in [2.05, 4.69) is 0 Å². The van der Waals surface area contributed by atoms with Crippen molar-refractivity contribution in [1.29, 1.82) is 0 Å². The fourth-order valence-electron chi connectivity index (χ4n) is 3.53. The topological polar surface area (TPSA) is 101 Å². The molecule has 0 saturated carbocycles. The summed E-state index contributed by atoms with van der Waals surface area (Å²) in [6, 6.07) is 4.51. The van der Waals surface area contributed by atoms with Gasteiger partial charge >= 0.3 is 5.97 Å². The predicted molar refractivity (Wildman–Crippen MR) is 97.2 cm³/mol. The Hall–Kier alpha value is -2.44. The van der Waals surface area contributed by atoms with E-state index in [4.69, 9.17) is 0 Å². The largest absolute Gasteiger partial charge is 0.481 e. The Morgan fingerprint density at radius 3 is 2.35 bits per heavy atom. The summed E-state index contributed by atoms with van der Waals surface area (Å²) in [5.41, 5.74) is -0.700. The first-order valence-electron chi connectivity index (χ1n) is 8.72. The maximum absolute atomic E-state index is 12.8. The molecule has 0 bridgehead atoms. The number of carbonyl (C=O) groups excluding carboxylic acids is 1. The lowest BCUT2D eigenvalue weighted by atomic mass is 9.76. The molecule has 0 aromatic heterocycles. The lowest BCUT2D eigenvalue weighted by Gasteiger charge is -2.28. The van der Waals surface area contributed by atoms with Gasteiger partial charge in [0, 0.05) is 30.3 Å². The van der Waals surface area contributed by atoms with Gasteiger partial charge in [-0.15, -0.1) is 0 Å². The monoisotopic (exact) mass is 362 g/mol. The Morgan fingerprint density at radius 2 is 1.92 bits per heavy atom. The summed E-state index contributed by atoms with van der Waals surface area (Å²) < 4.78 is 0. The predicted octanol–water partition coefficient (Wildman–Crippen LogP) is 3.47. The number of hydrogen-bond donors (Lipinski definition) is 1. The Bertz CT molecular complexity index is 751. The molecule has 0 spiro atoms. The molecule has 0 radical (unpaired) electrons. The number of aliphatic carboxylic acids is 1. The van der Waals surface area contributed by atoms with Gasteiger partial charge in [0.15, 0.2) is 0 Å². The maximum Gasteiger partial charge on any atom is 0.311 e. The van der Waals surface area contributed by atoms with Crippen LogP contribution in [0.1, 0.15) is 57.0 Å². The number of rotatable bonds is 4. The number of benzene rings is 1. The van der Waals surface area contributed by atoms with E-state index < -0.39 is 21.7 Å². The smallest absolute Gasteiger partial charge is 0.311 e. The third-order valence-corrected chi connectivity index (χ3v) is 5.37. The molecule has 7 heteroatoms. The van der Waals surface area contributed by atoms with Crippen molar-refractivity contribution in [3.05, 3.63) is 39.4 Å². The first-order valence-corrected chi connectivity index (χ1v) is 8.72. The van der Waals surface area contributed by atoms with Gasteiger partial charge in [-0.25, -0.2) is 0 Å². The third-order valence-electron chi connectivity index (χ3n) is 5.37. The van der Waals surface area contributed by atoms with Crippen molar-refractivity contribution in [1.82, 2.24) is 4.90 Å². The lowest BCUT2D eigenvalue weighted by Crippen LogP contribution is -2.40. The molecular weight excluding hydrogens is 336 g/mol. The first-order chi connectivity index (χ1) is 11.9. The van der Waals surface area contributed by atoms with Crippen molar-refractivity contribution in [2.24, 2.45) is 11.3 Å². The van der Waals surface area contributed by atoms with Gasteiger partial charge in [-0.3, -0.25) is 19.7 Å². The van der Waals surface area contributed by atoms with Crippen LogP contribution in [-0.4, -0.2) is 39.9 Å². The molecule has 2 rings (SSSR count). The Morgan fingerprint density at radius 1 is 1.31 bits per heavy atom. The van der Waals surface area contributed by atoms with Crippen LogP contribution in [0.2, 0.25) is 0 Å². The second-order valence-corrected chi connectivity index (χ2v) is 8.33. The SMILES string of the molecule is CC(C)C1(C(=O)O)CCN(C(=O)c2ccc(C(C)(C)C)c([N+](=O)[O-])c2)C1. The summed E-state index contributed by atoms with van der Waals surface area (Å²) in [5.74, 6) is -1.38. The number of hydrogen-bond acceptors (Lipinski definition) is 4. The molecule has 142 valence electrons. The molecule has 0 aliphatic carbocycles. The van der Waals surface area contributed by atoms with E-state index in [1.54, 1.807) is 12.1 Å². The molecule has 1 aliphatic rings. The maximum atomic E-state index is 12.8. The van der Waals surface area contributed by atoms with E-state index in [9.17, 15) is 24.8 Å². The highest BCUT2D eigenvalue weighted by molar-refractivity contribution is 5.96. The normalized spacial score (nSPS) is 20.5. The molecule has 1 N–H and O–H groups in total. The molecule has 1 fully saturated rings. The minimum Gasteiger partial charge on any atom is -0.481 e. The van der Waals surface area contributed by atoms with Crippen LogP contribution in [0.4, 0.5) is 5.69 Å². The average molecular weight is 362 g/mol. The number of amides is 1. The number of nitro benzene ring substituents is 1. The van der Waals surface area contributed by atoms with E-state index in [0.717, 1.165) is 0 Å². The molecule has 7 nitrogen and oxygen atoms in total. The molecule has 1 heterocycles. The van der Waals surface area contributed by atoms with E-state index in [1.807, 2.05) is 34.6 Å². The Kier molecular flexibility index (Phi) is 5.12. The molecule has 1 aliphatic heterocycles. The van der Waals surface area contributed by atoms with Gasteiger partial charge in [0.2, 0.25) is 0 Å². The van der Waals surface area contributed by atoms with Gasteiger partial charge in [-0.05, 0) is 23.8 Å². The summed E-state index contributed by atoms with van der Waals surface area (Å²) in [4.78, 5) is 37.0. The molecule has 1 unspecified atom stereocenters. The van der Waals surface area contributed by atoms with Crippen molar-refractivity contribution in [2.45, 2.75) is 46.5 Å². The third kappa shape index (κ3) is 3.43. The summed E-state index contributed by atoms with van der Waals surface area (Å²) in [5, 5.41) is 21.1. The average Bonchev–Trinajstić information content (AvgIpc) is 2.99. The van der Waals surface area contributed by atoms with Crippen LogP contribution in [0, 0.1) is 21.4 Å². The standard InChI is InChI=1S/C19H26N2O5/c1-12(2)19(17(23)24)8-9-20(11-19)16(22)13-6-7-14(18(3,4)5)15(10-13)21(25)26/h6-7,10,12H,8-9,11H2,1-5H3,(H,23,24). The fourth-order valence-corrected chi connectivity index (χ4v) is 3.53. The molecule has 26 heavy (non-hydrogen) atoms. The quantitative estimate of drug-likeness (QED) is 0.653. The minimum absolute atomic E-state index is 0.0871. The van der Waals surface area contributed by atoms with Crippen molar-refractivity contribution >= 4 is 17.6 Å². The second kappa shape index (κ2) is 6.70. The van der Waals surface area contributed by atoms with Crippen molar-refractivity contribution < 1.29 is 19.6 Å². The summed E-state index contributed by atoms with van der Waals surface area (Å²) in [7, 11) is 0. The van der Waals surface area contributed by atoms with Crippen LogP contribution < -0.4 is 0 Å². The van der Waals surface area contributed by atoms with Crippen LogP contribution in [0.15, 0.2) is 18.2 Å². The van der Waals surface area contributed by atoms with Gasteiger partial charge in [0.1, 0.15) is 0 Å². The van der Waals surface area contributed by atoms with Gasteiger partial charge in [0.25, 0.3) is 11.6 Å². The fraction of sp³-hybridized carbons (Fsp3) is 0.579. The minimum atomic E-state index is -0.965. The van der Waals surface area contributed by atoms with Crippen LogP contribution in [-0.2, 0) is 10.2 Å². The number of nitro groups is 1. The number of likely N-dealkylation sites (tertiary alicyclic amines) is 1. The van der Waals surface area contributed by atoms with Crippen molar-refractivity contribution in [3.8, 4) is 0 Å². The molecular formula is C19H26N2O5. The Labute approximate surface area is 153 Å². The molecule has 1 aromatic carbocycles. The molecule has 1 amide bonds. The van der Waals surface area contributed by atoms with Crippen LogP contribution in [0.5, 0.6) is 0 Å². The van der Waals surface area contributed by atoms with Crippen LogP contribution in [0.3, 0.4) is 0 Å².